The zero-order valence-corrected chi connectivity index (χ0v) is 14.5. The first-order valence-electron chi connectivity index (χ1n) is 7.53. The fraction of sp³-hybridized carbons (Fsp3) is 0.867. The Bertz CT molecular complexity index is 353. The molecule has 6 heteroatoms. The Balaban J connectivity index is 0.00000400. The molecule has 0 radical (unpaired) electrons. The quantitative estimate of drug-likeness (QED) is 0.809. The number of carbonyl (C=O) groups is 2. The van der Waals surface area contributed by atoms with E-state index in [4.69, 9.17) is 5.73 Å². The molecule has 2 atom stereocenters. The first kappa shape index (κ1) is 20.2. The fourth-order valence-corrected chi connectivity index (χ4v) is 2.43. The predicted molar refractivity (Wildman–Crippen MR) is 87.3 cm³/mol. The van der Waals surface area contributed by atoms with E-state index in [9.17, 15) is 9.59 Å². The van der Waals surface area contributed by atoms with Crippen LogP contribution in [0.2, 0.25) is 0 Å². The second kappa shape index (κ2) is 8.59. The van der Waals surface area contributed by atoms with E-state index in [0.717, 1.165) is 19.3 Å². The van der Waals surface area contributed by atoms with Crippen LogP contribution in [0.3, 0.4) is 0 Å². The number of amides is 2. The van der Waals surface area contributed by atoms with Crippen molar-refractivity contribution in [3.63, 3.8) is 0 Å². The van der Waals surface area contributed by atoms with Crippen LogP contribution in [0.4, 0.5) is 0 Å². The van der Waals surface area contributed by atoms with Crippen molar-refractivity contribution in [3.05, 3.63) is 0 Å². The Labute approximate surface area is 134 Å². The van der Waals surface area contributed by atoms with Crippen LogP contribution in [-0.4, -0.2) is 41.9 Å². The van der Waals surface area contributed by atoms with E-state index in [0.29, 0.717) is 19.5 Å². The van der Waals surface area contributed by atoms with Crippen molar-refractivity contribution < 1.29 is 9.59 Å². The standard InChI is InChI=1S/C15H29N3O2.ClH/c1-11(16)7-8-17-14(20)12-6-5-9-18(12)13(19)10-15(2,3)4;/h11-12H,5-10,16H2,1-4H3,(H,17,20);1H. The Morgan fingerprint density at radius 1 is 1.38 bits per heavy atom. The van der Waals surface area contributed by atoms with Crippen LogP contribution >= 0.6 is 12.4 Å². The zero-order chi connectivity index (χ0) is 15.3. The number of nitrogens with zero attached hydrogens (tertiary/aromatic N) is 1. The number of likely N-dealkylation sites (tertiary alicyclic amines) is 1. The van der Waals surface area contributed by atoms with Crippen molar-refractivity contribution in [3.8, 4) is 0 Å². The molecule has 0 aromatic carbocycles. The summed E-state index contributed by atoms with van der Waals surface area (Å²) in [5.74, 6) is 0.0488. The largest absolute Gasteiger partial charge is 0.354 e. The normalized spacial score (nSPS) is 19.9. The van der Waals surface area contributed by atoms with Crippen molar-refractivity contribution in [2.24, 2.45) is 11.1 Å². The van der Waals surface area contributed by atoms with Crippen LogP contribution in [0, 0.1) is 5.41 Å². The topological polar surface area (TPSA) is 75.4 Å². The smallest absolute Gasteiger partial charge is 0.242 e. The van der Waals surface area contributed by atoms with Gasteiger partial charge < -0.3 is 16.0 Å². The van der Waals surface area contributed by atoms with Gasteiger partial charge in [-0.05, 0) is 31.6 Å². The third kappa shape index (κ3) is 7.14. The number of nitrogens with one attached hydrogen (secondary N) is 1. The lowest BCUT2D eigenvalue weighted by molar-refractivity contribution is -0.139. The molecule has 0 aromatic rings. The molecule has 0 spiro atoms. The summed E-state index contributed by atoms with van der Waals surface area (Å²) in [4.78, 5) is 26.2. The second-order valence-corrected chi connectivity index (χ2v) is 7.04. The highest BCUT2D eigenvalue weighted by atomic mass is 35.5. The average Bonchev–Trinajstić information content (AvgIpc) is 2.74. The van der Waals surface area contributed by atoms with Crippen molar-refractivity contribution in [1.29, 1.82) is 0 Å². The van der Waals surface area contributed by atoms with Crippen molar-refractivity contribution in [1.82, 2.24) is 10.2 Å². The molecule has 5 nitrogen and oxygen atoms in total. The van der Waals surface area contributed by atoms with E-state index in [1.54, 1.807) is 4.90 Å². The minimum atomic E-state index is -0.294. The first-order chi connectivity index (χ1) is 9.20. The van der Waals surface area contributed by atoms with E-state index in [2.05, 4.69) is 5.32 Å². The van der Waals surface area contributed by atoms with Crippen molar-refractivity contribution >= 4 is 24.2 Å². The summed E-state index contributed by atoms with van der Waals surface area (Å²) < 4.78 is 0. The van der Waals surface area contributed by atoms with Gasteiger partial charge in [-0.2, -0.15) is 0 Å². The minimum Gasteiger partial charge on any atom is -0.354 e. The Morgan fingerprint density at radius 2 is 2.00 bits per heavy atom. The molecule has 1 aliphatic heterocycles. The summed E-state index contributed by atoms with van der Waals surface area (Å²) in [5.41, 5.74) is 5.62. The van der Waals surface area contributed by atoms with Gasteiger partial charge in [0.05, 0.1) is 0 Å². The van der Waals surface area contributed by atoms with Gasteiger partial charge in [-0.25, -0.2) is 0 Å². The van der Waals surface area contributed by atoms with Gasteiger partial charge in [-0.3, -0.25) is 9.59 Å². The molecule has 0 aliphatic carbocycles. The molecule has 1 heterocycles. The monoisotopic (exact) mass is 319 g/mol. The van der Waals surface area contributed by atoms with Crippen molar-refractivity contribution in [2.75, 3.05) is 13.1 Å². The van der Waals surface area contributed by atoms with Gasteiger partial charge in [0.15, 0.2) is 0 Å². The molecular formula is C15H30ClN3O2. The number of hydrogen-bond donors (Lipinski definition) is 2. The van der Waals surface area contributed by atoms with Crippen LogP contribution in [-0.2, 0) is 9.59 Å². The third-order valence-corrected chi connectivity index (χ3v) is 3.46. The summed E-state index contributed by atoms with van der Waals surface area (Å²) in [7, 11) is 0. The van der Waals surface area contributed by atoms with Gasteiger partial charge in [-0.1, -0.05) is 20.8 Å². The third-order valence-electron chi connectivity index (χ3n) is 3.46. The minimum absolute atomic E-state index is 0. The maximum absolute atomic E-state index is 12.3. The maximum atomic E-state index is 12.3. The second-order valence-electron chi connectivity index (χ2n) is 7.04. The number of hydrogen-bond acceptors (Lipinski definition) is 3. The number of carbonyl (C=O) groups excluding carboxylic acids is 2. The molecule has 2 amide bonds. The molecule has 3 N–H and O–H groups in total. The first-order valence-corrected chi connectivity index (χ1v) is 7.53. The van der Waals surface area contributed by atoms with E-state index >= 15 is 0 Å². The molecule has 1 aliphatic rings. The summed E-state index contributed by atoms with van der Waals surface area (Å²) in [6.45, 7) is 9.31. The zero-order valence-electron chi connectivity index (χ0n) is 13.6. The molecule has 124 valence electrons. The number of halogens is 1. The Kier molecular flexibility index (Phi) is 8.26. The van der Waals surface area contributed by atoms with Gasteiger partial charge in [0.2, 0.25) is 11.8 Å². The van der Waals surface area contributed by atoms with Crippen LogP contribution in [0.15, 0.2) is 0 Å². The highest BCUT2D eigenvalue weighted by Gasteiger charge is 2.34. The summed E-state index contributed by atoms with van der Waals surface area (Å²) in [6.07, 6.45) is 2.91. The fourth-order valence-electron chi connectivity index (χ4n) is 2.43. The van der Waals surface area contributed by atoms with Gasteiger partial charge in [0, 0.05) is 25.6 Å². The lowest BCUT2D eigenvalue weighted by Crippen LogP contribution is -2.47. The number of rotatable bonds is 5. The average molecular weight is 320 g/mol. The SMILES string of the molecule is CC(N)CCNC(=O)C1CCCN1C(=O)CC(C)(C)C.Cl. The lowest BCUT2D eigenvalue weighted by atomic mass is 9.91. The van der Waals surface area contributed by atoms with Crippen molar-refractivity contribution in [2.45, 2.75) is 65.5 Å². The van der Waals surface area contributed by atoms with E-state index in [1.165, 1.54) is 0 Å². The van der Waals surface area contributed by atoms with Crippen LogP contribution in [0.5, 0.6) is 0 Å². The lowest BCUT2D eigenvalue weighted by Gasteiger charge is -2.27. The molecule has 21 heavy (non-hydrogen) atoms. The highest BCUT2D eigenvalue weighted by molar-refractivity contribution is 5.88. The summed E-state index contributed by atoms with van der Waals surface area (Å²) in [5, 5.41) is 2.89. The van der Waals surface area contributed by atoms with Crippen LogP contribution < -0.4 is 11.1 Å². The molecule has 1 fully saturated rings. The molecule has 0 bridgehead atoms. The van der Waals surface area contributed by atoms with Gasteiger partial charge in [-0.15, -0.1) is 12.4 Å². The predicted octanol–water partition coefficient (Wildman–Crippen LogP) is 1.69. The van der Waals surface area contributed by atoms with E-state index < -0.39 is 0 Å². The molecule has 0 saturated carbocycles. The molecule has 1 saturated heterocycles. The summed E-state index contributed by atoms with van der Waals surface area (Å²) in [6, 6.07) is -0.213. The molecule has 2 unspecified atom stereocenters. The van der Waals surface area contributed by atoms with Gasteiger partial charge in [0.25, 0.3) is 0 Å². The Morgan fingerprint density at radius 3 is 2.52 bits per heavy atom. The van der Waals surface area contributed by atoms with Crippen LogP contribution in [0.25, 0.3) is 0 Å². The van der Waals surface area contributed by atoms with Crippen LogP contribution in [0.1, 0.15) is 53.4 Å². The Hall–Kier alpha value is -0.810. The number of nitrogens with two attached hydrogens (primary N) is 1. The highest BCUT2D eigenvalue weighted by Crippen LogP contribution is 2.24. The van der Waals surface area contributed by atoms with Gasteiger partial charge >= 0.3 is 0 Å². The maximum Gasteiger partial charge on any atom is 0.242 e. The molecule has 1 rings (SSSR count). The summed E-state index contributed by atoms with van der Waals surface area (Å²) >= 11 is 0. The molecular weight excluding hydrogens is 290 g/mol. The van der Waals surface area contributed by atoms with Gasteiger partial charge in [0.1, 0.15) is 6.04 Å². The van der Waals surface area contributed by atoms with E-state index in [1.807, 2.05) is 27.7 Å². The molecule has 0 aromatic heterocycles. The van der Waals surface area contributed by atoms with E-state index in [-0.39, 0.29) is 41.7 Å².